The summed E-state index contributed by atoms with van der Waals surface area (Å²) in [5.74, 6) is 1.52. The number of carbonyl (C=O) groups excluding carboxylic acids is 1. The third-order valence-corrected chi connectivity index (χ3v) is 3.82. The standard InChI is InChI=1S/C14H24N4O2/c1-4-5-13(19)16-12-6-8-18(9-7-12)10(2)14-15-11(3)17-20-14/h10,12H,4-9H2,1-3H3,(H,16,19)/t10-/m1/s1. The highest BCUT2D eigenvalue weighted by Crippen LogP contribution is 2.23. The van der Waals surface area contributed by atoms with E-state index in [0.29, 0.717) is 24.2 Å². The molecule has 2 heterocycles. The number of aryl methyl sites for hydroxylation is 1. The molecule has 1 aromatic heterocycles. The van der Waals surface area contributed by atoms with Crippen LogP contribution in [0.2, 0.25) is 0 Å². The van der Waals surface area contributed by atoms with Gasteiger partial charge in [0.2, 0.25) is 11.8 Å². The maximum atomic E-state index is 11.6. The summed E-state index contributed by atoms with van der Waals surface area (Å²) in [5.41, 5.74) is 0. The molecule has 1 N–H and O–H groups in total. The number of nitrogens with zero attached hydrogens (tertiary/aromatic N) is 3. The summed E-state index contributed by atoms with van der Waals surface area (Å²) < 4.78 is 5.23. The summed E-state index contributed by atoms with van der Waals surface area (Å²) >= 11 is 0. The summed E-state index contributed by atoms with van der Waals surface area (Å²) in [6, 6.07) is 0.449. The van der Waals surface area contributed by atoms with Crippen LogP contribution in [0, 0.1) is 6.92 Å². The Bertz CT molecular complexity index is 438. The molecular weight excluding hydrogens is 256 g/mol. The number of nitrogens with one attached hydrogen (secondary N) is 1. The highest BCUT2D eigenvalue weighted by molar-refractivity contribution is 5.76. The zero-order chi connectivity index (χ0) is 14.5. The Labute approximate surface area is 119 Å². The SMILES string of the molecule is CCCC(=O)NC1CCN([C@H](C)c2nc(C)no2)CC1. The van der Waals surface area contributed by atoms with Gasteiger partial charge < -0.3 is 9.84 Å². The van der Waals surface area contributed by atoms with Gasteiger partial charge in [-0.25, -0.2) is 0 Å². The van der Waals surface area contributed by atoms with E-state index in [-0.39, 0.29) is 11.9 Å². The van der Waals surface area contributed by atoms with Gasteiger partial charge >= 0.3 is 0 Å². The van der Waals surface area contributed by atoms with E-state index in [1.165, 1.54) is 0 Å². The molecule has 1 saturated heterocycles. The Balaban J connectivity index is 1.80. The third-order valence-electron chi connectivity index (χ3n) is 3.82. The second-order valence-electron chi connectivity index (χ2n) is 5.48. The third kappa shape index (κ3) is 3.79. The quantitative estimate of drug-likeness (QED) is 0.890. The van der Waals surface area contributed by atoms with Gasteiger partial charge in [0.05, 0.1) is 6.04 Å². The molecule has 6 nitrogen and oxygen atoms in total. The molecule has 1 aliphatic rings. The predicted octanol–water partition coefficient (Wildman–Crippen LogP) is 1.82. The van der Waals surface area contributed by atoms with E-state index >= 15 is 0 Å². The first-order chi connectivity index (χ1) is 9.60. The fourth-order valence-corrected chi connectivity index (χ4v) is 2.60. The van der Waals surface area contributed by atoms with E-state index in [4.69, 9.17) is 4.52 Å². The summed E-state index contributed by atoms with van der Waals surface area (Å²) in [6.45, 7) is 7.83. The lowest BCUT2D eigenvalue weighted by Crippen LogP contribution is -2.45. The number of aromatic nitrogens is 2. The van der Waals surface area contributed by atoms with Crippen LogP contribution >= 0.6 is 0 Å². The molecule has 0 bridgehead atoms. The molecule has 2 rings (SSSR count). The molecule has 1 aromatic rings. The monoisotopic (exact) mass is 280 g/mol. The van der Waals surface area contributed by atoms with Crippen LogP contribution in [0.25, 0.3) is 0 Å². The number of amides is 1. The van der Waals surface area contributed by atoms with Gasteiger partial charge in [0, 0.05) is 25.6 Å². The number of hydrogen-bond acceptors (Lipinski definition) is 5. The van der Waals surface area contributed by atoms with Gasteiger partial charge in [-0.2, -0.15) is 4.98 Å². The minimum absolute atomic E-state index is 0.142. The van der Waals surface area contributed by atoms with E-state index < -0.39 is 0 Å². The van der Waals surface area contributed by atoms with Crippen LogP contribution in [0.1, 0.15) is 57.3 Å². The van der Waals surface area contributed by atoms with E-state index in [9.17, 15) is 4.79 Å². The first kappa shape index (κ1) is 15.0. The number of rotatable bonds is 5. The second-order valence-corrected chi connectivity index (χ2v) is 5.48. The topological polar surface area (TPSA) is 71.3 Å². The largest absolute Gasteiger partial charge is 0.353 e. The molecule has 0 spiro atoms. The van der Waals surface area contributed by atoms with Gasteiger partial charge in [0.1, 0.15) is 0 Å². The molecule has 1 amide bonds. The maximum Gasteiger partial charge on any atom is 0.243 e. The Morgan fingerprint density at radius 3 is 2.75 bits per heavy atom. The molecule has 112 valence electrons. The Morgan fingerprint density at radius 1 is 1.50 bits per heavy atom. The lowest BCUT2D eigenvalue weighted by molar-refractivity contribution is -0.122. The minimum atomic E-state index is 0.142. The fraction of sp³-hybridized carbons (Fsp3) is 0.786. The second kappa shape index (κ2) is 6.83. The first-order valence-electron chi connectivity index (χ1n) is 7.43. The number of hydrogen-bond donors (Lipinski definition) is 1. The zero-order valence-corrected chi connectivity index (χ0v) is 12.6. The molecule has 0 unspecified atom stereocenters. The van der Waals surface area contributed by atoms with Gasteiger partial charge in [-0.3, -0.25) is 9.69 Å². The Morgan fingerprint density at radius 2 is 2.20 bits per heavy atom. The van der Waals surface area contributed by atoms with Crippen LogP contribution in [-0.4, -0.2) is 40.1 Å². The average molecular weight is 280 g/mol. The first-order valence-corrected chi connectivity index (χ1v) is 7.43. The molecule has 1 atom stereocenters. The fourth-order valence-electron chi connectivity index (χ4n) is 2.60. The van der Waals surface area contributed by atoms with Crippen molar-refractivity contribution < 1.29 is 9.32 Å². The van der Waals surface area contributed by atoms with Crippen molar-refractivity contribution in [1.82, 2.24) is 20.4 Å². The normalized spacial score (nSPS) is 18.9. The van der Waals surface area contributed by atoms with E-state index in [1.54, 1.807) is 0 Å². The van der Waals surface area contributed by atoms with Crippen LogP contribution in [0.5, 0.6) is 0 Å². The minimum Gasteiger partial charge on any atom is -0.353 e. The smallest absolute Gasteiger partial charge is 0.243 e. The molecule has 0 radical (unpaired) electrons. The van der Waals surface area contributed by atoms with Crippen molar-refractivity contribution in [2.45, 2.75) is 58.5 Å². The van der Waals surface area contributed by atoms with Gasteiger partial charge in [-0.15, -0.1) is 0 Å². The van der Waals surface area contributed by atoms with Gasteiger partial charge in [-0.1, -0.05) is 12.1 Å². The molecule has 0 aliphatic carbocycles. The number of carbonyl (C=O) groups is 1. The van der Waals surface area contributed by atoms with Crippen molar-refractivity contribution in [2.75, 3.05) is 13.1 Å². The lowest BCUT2D eigenvalue weighted by atomic mass is 10.0. The number of piperidine rings is 1. The van der Waals surface area contributed by atoms with Gasteiger partial charge in [0.15, 0.2) is 5.82 Å². The van der Waals surface area contributed by atoms with Crippen molar-refractivity contribution in [1.29, 1.82) is 0 Å². The van der Waals surface area contributed by atoms with Crippen molar-refractivity contribution in [3.8, 4) is 0 Å². The molecule has 6 heteroatoms. The van der Waals surface area contributed by atoms with Crippen LogP contribution in [0.4, 0.5) is 0 Å². The lowest BCUT2D eigenvalue weighted by Gasteiger charge is -2.34. The zero-order valence-electron chi connectivity index (χ0n) is 12.6. The Hall–Kier alpha value is -1.43. The molecule has 1 aliphatic heterocycles. The van der Waals surface area contributed by atoms with Crippen LogP contribution < -0.4 is 5.32 Å². The summed E-state index contributed by atoms with van der Waals surface area (Å²) in [4.78, 5) is 18.2. The Kier molecular flexibility index (Phi) is 5.11. The molecule has 20 heavy (non-hydrogen) atoms. The molecule has 0 aromatic carbocycles. The predicted molar refractivity (Wildman–Crippen MR) is 75.1 cm³/mol. The average Bonchev–Trinajstić information content (AvgIpc) is 2.86. The van der Waals surface area contributed by atoms with Crippen molar-refractivity contribution in [2.24, 2.45) is 0 Å². The van der Waals surface area contributed by atoms with Crippen LogP contribution in [0.3, 0.4) is 0 Å². The molecular formula is C14H24N4O2. The van der Waals surface area contributed by atoms with E-state index in [2.05, 4.69) is 27.3 Å². The van der Waals surface area contributed by atoms with E-state index in [1.807, 2.05) is 13.8 Å². The highest BCUT2D eigenvalue weighted by atomic mass is 16.5. The van der Waals surface area contributed by atoms with Gasteiger partial charge in [0.25, 0.3) is 0 Å². The van der Waals surface area contributed by atoms with Crippen LogP contribution in [0.15, 0.2) is 4.52 Å². The highest BCUT2D eigenvalue weighted by Gasteiger charge is 2.26. The number of likely N-dealkylation sites (tertiary alicyclic amines) is 1. The van der Waals surface area contributed by atoms with Crippen molar-refractivity contribution in [3.05, 3.63) is 11.7 Å². The molecule has 1 fully saturated rings. The van der Waals surface area contributed by atoms with Gasteiger partial charge in [-0.05, 0) is 33.1 Å². The summed E-state index contributed by atoms with van der Waals surface area (Å²) in [6.07, 6.45) is 3.48. The summed E-state index contributed by atoms with van der Waals surface area (Å²) in [5, 5.41) is 6.94. The maximum absolute atomic E-state index is 11.6. The molecule has 0 saturated carbocycles. The van der Waals surface area contributed by atoms with Crippen molar-refractivity contribution in [3.63, 3.8) is 0 Å². The van der Waals surface area contributed by atoms with Crippen molar-refractivity contribution >= 4 is 5.91 Å². The van der Waals surface area contributed by atoms with Crippen LogP contribution in [-0.2, 0) is 4.79 Å². The summed E-state index contributed by atoms with van der Waals surface area (Å²) in [7, 11) is 0. The van der Waals surface area contributed by atoms with E-state index in [0.717, 1.165) is 32.4 Å².